The quantitative estimate of drug-likeness (QED) is 0.816. The van der Waals surface area contributed by atoms with Crippen LogP contribution in [0.25, 0.3) is 6.08 Å². The van der Waals surface area contributed by atoms with Gasteiger partial charge in [0, 0.05) is 24.3 Å². The molecule has 4 nitrogen and oxygen atoms in total. The minimum atomic E-state index is -4.42. The summed E-state index contributed by atoms with van der Waals surface area (Å²) in [5, 5.41) is 2.64. The van der Waals surface area contributed by atoms with Gasteiger partial charge < -0.3 is 14.8 Å². The van der Waals surface area contributed by atoms with Crippen molar-refractivity contribution < 1.29 is 27.4 Å². The van der Waals surface area contributed by atoms with Gasteiger partial charge >= 0.3 is 6.18 Å². The van der Waals surface area contributed by atoms with Crippen molar-refractivity contribution in [1.82, 2.24) is 0 Å². The predicted molar refractivity (Wildman–Crippen MR) is 91.2 cm³/mol. The third kappa shape index (κ3) is 4.56. The van der Waals surface area contributed by atoms with Crippen molar-refractivity contribution in [1.29, 1.82) is 0 Å². The number of alkyl halides is 3. The average molecular weight is 363 g/mol. The summed E-state index contributed by atoms with van der Waals surface area (Å²) < 4.78 is 49.1. The Balaban J connectivity index is 1.67. The molecule has 1 N–H and O–H groups in total. The fourth-order valence-corrected chi connectivity index (χ4v) is 2.42. The number of anilines is 1. The molecule has 0 unspecified atom stereocenters. The maximum absolute atomic E-state index is 12.7. The molecule has 0 atom stereocenters. The SMILES string of the molecule is O=C(C=Cc1cccc(C(F)(F)F)c1)Nc1ccc2c(c1)OCCCO2. The second kappa shape index (κ2) is 7.51. The third-order valence-corrected chi connectivity index (χ3v) is 3.66. The van der Waals surface area contributed by atoms with Crippen LogP contribution in [0.5, 0.6) is 11.5 Å². The van der Waals surface area contributed by atoms with E-state index in [9.17, 15) is 18.0 Å². The molecule has 0 fully saturated rings. The van der Waals surface area contributed by atoms with Crippen LogP contribution in [-0.2, 0) is 11.0 Å². The zero-order chi connectivity index (χ0) is 18.6. The number of hydrogen-bond acceptors (Lipinski definition) is 3. The molecule has 3 rings (SSSR count). The van der Waals surface area contributed by atoms with Crippen LogP contribution < -0.4 is 14.8 Å². The Bertz CT molecular complexity index is 831. The molecule has 1 heterocycles. The van der Waals surface area contributed by atoms with Gasteiger partial charge in [0.15, 0.2) is 11.5 Å². The van der Waals surface area contributed by atoms with Crippen LogP contribution in [-0.4, -0.2) is 19.1 Å². The molecule has 0 bridgehead atoms. The number of hydrogen-bond donors (Lipinski definition) is 1. The van der Waals surface area contributed by atoms with Gasteiger partial charge in [0.2, 0.25) is 5.91 Å². The van der Waals surface area contributed by atoms with E-state index < -0.39 is 17.6 Å². The van der Waals surface area contributed by atoms with Crippen molar-refractivity contribution in [2.75, 3.05) is 18.5 Å². The van der Waals surface area contributed by atoms with E-state index >= 15 is 0 Å². The van der Waals surface area contributed by atoms with Crippen molar-refractivity contribution in [3.8, 4) is 11.5 Å². The monoisotopic (exact) mass is 363 g/mol. The summed E-state index contributed by atoms with van der Waals surface area (Å²) >= 11 is 0. The van der Waals surface area contributed by atoms with Gasteiger partial charge in [0.1, 0.15) is 0 Å². The van der Waals surface area contributed by atoms with Crippen LogP contribution in [0.1, 0.15) is 17.5 Å². The Morgan fingerprint density at radius 3 is 2.58 bits per heavy atom. The van der Waals surface area contributed by atoms with Crippen LogP contribution in [0.2, 0.25) is 0 Å². The van der Waals surface area contributed by atoms with Gasteiger partial charge in [-0.2, -0.15) is 13.2 Å². The number of fused-ring (bicyclic) bond motifs is 1. The minimum Gasteiger partial charge on any atom is -0.490 e. The third-order valence-electron chi connectivity index (χ3n) is 3.66. The Labute approximate surface area is 148 Å². The molecule has 0 saturated heterocycles. The molecular formula is C19H16F3NO3. The molecule has 136 valence electrons. The van der Waals surface area contributed by atoms with Gasteiger partial charge in [-0.3, -0.25) is 4.79 Å². The average Bonchev–Trinajstić information content (AvgIpc) is 2.84. The Hall–Kier alpha value is -2.96. The standard InChI is InChI=1S/C19H16F3NO3/c20-19(21,22)14-4-1-3-13(11-14)5-8-18(24)23-15-6-7-16-17(12-15)26-10-2-9-25-16/h1,3-8,11-12H,2,9-10H2,(H,23,24). The minimum absolute atomic E-state index is 0.286. The molecule has 0 spiro atoms. The van der Waals surface area contributed by atoms with E-state index in [2.05, 4.69) is 5.32 Å². The van der Waals surface area contributed by atoms with Gasteiger partial charge in [0.25, 0.3) is 0 Å². The van der Waals surface area contributed by atoms with Crippen LogP contribution >= 0.6 is 0 Å². The highest BCUT2D eigenvalue weighted by Gasteiger charge is 2.30. The molecule has 2 aromatic carbocycles. The van der Waals surface area contributed by atoms with E-state index in [4.69, 9.17) is 9.47 Å². The van der Waals surface area contributed by atoms with E-state index in [1.165, 1.54) is 24.3 Å². The first-order chi connectivity index (χ1) is 12.4. The van der Waals surface area contributed by atoms with Crippen molar-refractivity contribution in [2.45, 2.75) is 12.6 Å². The zero-order valence-electron chi connectivity index (χ0n) is 13.7. The summed E-state index contributed by atoms with van der Waals surface area (Å²) in [6.07, 6.45) is -1.14. The Morgan fingerprint density at radius 2 is 1.81 bits per heavy atom. The van der Waals surface area contributed by atoms with E-state index in [0.29, 0.717) is 30.4 Å². The maximum atomic E-state index is 12.7. The van der Waals surface area contributed by atoms with Gasteiger partial charge in [-0.15, -0.1) is 0 Å². The first-order valence-electron chi connectivity index (χ1n) is 7.98. The second-order valence-corrected chi connectivity index (χ2v) is 5.66. The fourth-order valence-electron chi connectivity index (χ4n) is 2.42. The van der Waals surface area contributed by atoms with Crippen LogP contribution in [0.15, 0.2) is 48.5 Å². The van der Waals surface area contributed by atoms with Crippen LogP contribution in [0.3, 0.4) is 0 Å². The molecule has 1 amide bonds. The predicted octanol–water partition coefficient (Wildman–Crippen LogP) is 4.52. The number of halogens is 3. The number of amides is 1. The van der Waals surface area contributed by atoms with Crippen LogP contribution in [0.4, 0.5) is 18.9 Å². The number of benzene rings is 2. The molecule has 0 radical (unpaired) electrons. The van der Waals surface area contributed by atoms with Crippen molar-refractivity contribution >= 4 is 17.7 Å². The van der Waals surface area contributed by atoms with Crippen LogP contribution in [0, 0.1) is 0 Å². The smallest absolute Gasteiger partial charge is 0.416 e. The second-order valence-electron chi connectivity index (χ2n) is 5.66. The highest BCUT2D eigenvalue weighted by Crippen LogP contribution is 2.32. The normalized spacial score (nSPS) is 14.1. The largest absolute Gasteiger partial charge is 0.490 e. The number of nitrogens with one attached hydrogen (secondary N) is 1. The molecule has 7 heteroatoms. The van der Waals surface area contributed by atoms with Gasteiger partial charge in [0.05, 0.1) is 18.8 Å². The lowest BCUT2D eigenvalue weighted by Crippen LogP contribution is -2.08. The summed E-state index contributed by atoms with van der Waals surface area (Å²) in [6.45, 7) is 1.10. The van der Waals surface area contributed by atoms with Gasteiger partial charge in [-0.25, -0.2) is 0 Å². The first-order valence-corrected chi connectivity index (χ1v) is 7.98. The molecule has 1 aliphatic heterocycles. The topological polar surface area (TPSA) is 47.6 Å². The number of ether oxygens (including phenoxy) is 2. The summed E-state index contributed by atoms with van der Waals surface area (Å²) in [4.78, 5) is 12.0. The van der Waals surface area contributed by atoms with E-state index in [1.54, 1.807) is 18.2 Å². The van der Waals surface area contributed by atoms with E-state index in [1.807, 2.05) is 0 Å². The van der Waals surface area contributed by atoms with Crippen molar-refractivity contribution in [3.63, 3.8) is 0 Å². The number of rotatable bonds is 3. The van der Waals surface area contributed by atoms with E-state index in [0.717, 1.165) is 18.6 Å². The lowest BCUT2D eigenvalue weighted by atomic mass is 10.1. The fraction of sp³-hybridized carbons (Fsp3) is 0.211. The molecule has 26 heavy (non-hydrogen) atoms. The first kappa shape index (κ1) is 17.8. The molecule has 0 aliphatic carbocycles. The van der Waals surface area contributed by atoms with Crippen molar-refractivity contribution in [3.05, 3.63) is 59.7 Å². The van der Waals surface area contributed by atoms with Gasteiger partial charge in [-0.05, 0) is 35.9 Å². The molecular weight excluding hydrogens is 347 g/mol. The number of carbonyl (C=O) groups excluding carboxylic acids is 1. The lowest BCUT2D eigenvalue weighted by molar-refractivity contribution is -0.137. The molecule has 1 aliphatic rings. The van der Waals surface area contributed by atoms with Crippen molar-refractivity contribution in [2.24, 2.45) is 0 Å². The summed E-state index contributed by atoms with van der Waals surface area (Å²) in [5.41, 5.74) is 0.0320. The Kier molecular flexibility index (Phi) is 5.16. The number of carbonyl (C=O) groups is 1. The lowest BCUT2D eigenvalue weighted by Gasteiger charge is -2.09. The zero-order valence-corrected chi connectivity index (χ0v) is 13.7. The van der Waals surface area contributed by atoms with E-state index in [-0.39, 0.29) is 5.56 Å². The highest BCUT2D eigenvalue weighted by molar-refractivity contribution is 6.02. The summed E-state index contributed by atoms with van der Waals surface area (Å²) in [6, 6.07) is 9.77. The maximum Gasteiger partial charge on any atom is 0.416 e. The summed E-state index contributed by atoms with van der Waals surface area (Å²) in [5.74, 6) is 0.694. The molecule has 0 aromatic heterocycles. The molecule has 2 aromatic rings. The Morgan fingerprint density at radius 1 is 1.04 bits per heavy atom. The summed E-state index contributed by atoms with van der Waals surface area (Å²) in [7, 11) is 0. The highest BCUT2D eigenvalue weighted by atomic mass is 19.4. The molecule has 0 saturated carbocycles. The van der Waals surface area contributed by atoms with Gasteiger partial charge in [-0.1, -0.05) is 12.1 Å².